The van der Waals surface area contributed by atoms with Crippen LogP contribution in [-0.2, 0) is 9.57 Å². The van der Waals surface area contributed by atoms with Crippen LogP contribution in [0.4, 0.5) is 11.4 Å². The van der Waals surface area contributed by atoms with E-state index in [1.165, 1.54) is 0 Å². The van der Waals surface area contributed by atoms with Crippen molar-refractivity contribution in [2.24, 2.45) is 0 Å². The van der Waals surface area contributed by atoms with Crippen LogP contribution >= 0.6 is 0 Å². The van der Waals surface area contributed by atoms with E-state index >= 15 is 0 Å². The molecular formula is C19H19N2O3+. The summed E-state index contributed by atoms with van der Waals surface area (Å²) in [4.78, 5) is 20.5. The van der Waals surface area contributed by atoms with Crippen LogP contribution in [0.5, 0.6) is 0 Å². The summed E-state index contributed by atoms with van der Waals surface area (Å²) in [6, 6.07) is 15.6. The maximum Gasteiger partial charge on any atom is 0.313 e. The van der Waals surface area contributed by atoms with Gasteiger partial charge < -0.3 is 9.64 Å². The van der Waals surface area contributed by atoms with Crippen LogP contribution in [0.3, 0.4) is 0 Å². The van der Waals surface area contributed by atoms with Gasteiger partial charge in [0.05, 0.1) is 18.8 Å². The zero-order chi connectivity index (χ0) is 16.5. The quantitative estimate of drug-likeness (QED) is 0.814. The second-order valence-corrected chi connectivity index (χ2v) is 5.82. The first-order valence-electron chi connectivity index (χ1n) is 8.07. The molecule has 2 heterocycles. The van der Waals surface area contributed by atoms with E-state index in [1.54, 1.807) is 11.8 Å². The molecule has 0 aromatic heterocycles. The van der Waals surface area contributed by atoms with Crippen molar-refractivity contribution < 1.29 is 19.1 Å². The molecule has 4 rings (SSSR count). The Hall–Kier alpha value is -2.66. The number of benzene rings is 2. The second kappa shape index (κ2) is 6.09. The van der Waals surface area contributed by atoms with Crippen LogP contribution in [0.2, 0.25) is 0 Å². The van der Waals surface area contributed by atoms with E-state index in [4.69, 9.17) is 9.57 Å². The summed E-state index contributed by atoms with van der Waals surface area (Å²) in [7, 11) is 1.58. The third kappa shape index (κ3) is 2.37. The highest BCUT2D eigenvalue weighted by atomic mass is 16.7. The zero-order valence-electron chi connectivity index (χ0n) is 13.6. The summed E-state index contributed by atoms with van der Waals surface area (Å²) in [6.07, 6.45) is 0. The van der Waals surface area contributed by atoms with E-state index in [9.17, 15) is 4.79 Å². The van der Waals surface area contributed by atoms with Crippen molar-refractivity contribution in [1.82, 2.24) is 0 Å². The van der Waals surface area contributed by atoms with Crippen molar-refractivity contribution in [2.75, 3.05) is 38.3 Å². The largest absolute Gasteiger partial charge is 0.378 e. The number of ether oxygens (including phenoxy) is 1. The second-order valence-electron chi connectivity index (χ2n) is 5.82. The fourth-order valence-electron chi connectivity index (χ4n) is 3.27. The van der Waals surface area contributed by atoms with E-state index in [0.717, 1.165) is 43.2 Å². The number of fused-ring (bicyclic) bond motifs is 1. The minimum Gasteiger partial charge on any atom is -0.378 e. The van der Waals surface area contributed by atoms with Crippen LogP contribution in [-0.4, -0.2) is 49.6 Å². The van der Waals surface area contributed by atoms with Crippen LogP contribution < -0.4 is 4.90 Å². The van der Waals surface area contributed by atoms with Crippen molar-refractivity contribution in [3.8, 4) is 0 Å². The molecule has 0 spiro atoms. The highest BCUT2D eigenvalue weighted by Gasteiger charge is 2.41. The third-order valence-corrected chi connectivity index (χ3v) is 4.49. The molecule has 5 heteroatoms. The summed E-state index contributed by atoms with van der Waals surface area (Å²) in [6.45, 7) is 3.30. The van der Waals surface area contributed by atoms with E-state index in [-0.39, 0.29) is 5.78 Å². The van der Waals surface area contributed by atoms with Crippen LogP contribution in [0.15, 0.2) is 48.5 Å². The Morgan fingerprint density at radius 1 is 1.04 bits per heavy atom. The lowest BCUT2D eigenvalue weighted by atomic mass is 10.0. The maximum atomic E-state index is 12.8. The van der Waals surface area contributed by atoms with Gasteiger partial charge in [-0.25, -0.2) is 0 Å². The van der Waals surface area contributed by atoms with Gasteiger partial charge in [0.15, 0.2) is 0 Å². The number of nitrogens with zero attached hydrogens (tertiary/aromatic N) is 2. The topological polar surface area (TPSA) is 41.8 Å². The number of anilines is 1. The Bertz CT molecular complexity index is 806. The lowest BCUT2D eigenvalue weighted by molar-refractivity contribution is -0.717. The molecule has 2 aromatic rings. The molecule has 0 bridgehead atoms. The Morgan fingerprint density at radius 2 is 1.75 bits per heavy atom. The van der Waals surface area contributed by atoms with Gasteiger partial charge in [-0.3, -0.25) is 9.63 Å². The van der Waals surface area contributed by atoms with Crippen molar-refractivity contribution >= 4 is 22.9 Å². The first-order valence-corrected chi connectivity index (χ1v) is 8.07. The van der Waals surface area contributed by atoms with Crippen molar-refractivity contribution in [2.45, 2.75) is 0 Å². The minimum absolute atomic E-state index is 0.00780. The number of para-hydroxylation sites is 1. The summed E-state index contributed by atoms with van der Waals surface area (Å²) in [5.41, 5.74) is 4.03. The standard InChI is InChI=1S/C19H19N2O3/c1-23-21-17-5-3-2-4-16(17)19(22)18(21)14-6-8-15(9-7-14)20-10-12-24-13-11-20/h2-9H,10-13H2,1H3/q+1. The van der Waals surface area contributed by atoms with Gasteiger partial charge in [-0.2, -0.15) is 0 Å². The third-order valence-electron chi connectivity index (χ3n) is 4.49. The molecule has 0 aliphatic carbocycles. The van der Waals surface area contributed by atoms with E-state index in [1.807, 2.05) is 36.4 Å². The van der Waals surface area contributed by atoms with Crippen molar-refractivity contribution in [3.05, 3.63) is 59.7 Å². The number of Topliss-reactive ketones (excluding diaryl/α,β-unsaturated/α-hetero) is 1. The van der Waals surface area contributed by atoms with Gasteiger partial charge in [0, 0.05) is 29.6 Å². The molecule has 0 unspecified atom stereocenters. The number of hydrogen-bond acceptors (Lipinski definition) is 4. The highest BCUT2D eigenvalue weighted by Crippen LogP contribution is 2.29. The molecule has 122 valence electrons. The van der Waals surface area contributed by atoms with Gasteiger partial charge in [-0.1, -0.05) is 12.1 Å². The molecule has 2 aliphatic rings. The molecule has 1 fully saturated rings. The van der Waals surface area contributed by atoms with E-state index in [0.29, 0.717) is 11.3 Å². The number of carbonyl (C=O) groups excluding carboxylic acids is 1. The average Bonchev–Trinajstić information content (AvgIpc) is 2.95. The molecule has 24 heavy (non-hydrogen) atoms. The number of hydrogen-bond donors (Lipinski definition) is 0. The first-order chi connectivity index (χ1) is 11.8. The molecule has 0 N–H and O–H groups in total. The molecule has 1 saturated heterocycles. The smallest absolute Gasteiger partial charge is 0.313 e. The number of carbonyl (C=O) groups is 1. The normalized spacial score (nSPS) is 17.2. The minimum atomic E-state index is -0.00780. The molecular weight excluding hydrogens is 304 g/mol. The molecule has 0 amide bonds. The lowest BCUT2D eigenvalue weighted by Crippen LogP contribution is -2.36. The van der Waals surface area contributed by atoms with Crippen molar-refractivity contribution in [3.63, 3.8) is 0 Å². The first kappa shape index (κ1) is 14.9. The summed E-state index contributed by atoms with van der Waals surface area (Å²) in [5.74, 6) is -0.00780. The molecule has 2 aliphatic heterocycles. The van der Waals surface area contributed by atoms with Gasteiger partial charge >= 0.3 is 5.71 Å². The van der Waals surface area contributed by atoms with Crippen molar-refractivity contribution in [1.29, 1.82) is 0 Å². The van der Waals surface area contributed by atoms with Gasteiger partial charge in [-0.05, 0) is 30.3 Å². The molecule has 2 aromatic carbocycles. The SMILES string of the molecule is CO[N+]1=C(c2ccc(N3CCOCC3)cc2)C(=O)c2ccccc21. The Morgan fingerprint density at radius 3 is 2.46 bits per heavy atom. The van der Waals surface area contributed by atoms with Crippen LogP contribution in [0.25, 0.3) is 0 Å². The zero-order valence-corrected chi connectivity index (χ0v) is 13.6. The van der Waals surface area contributed by atoms with Gasteiger partial charge in [-0.15, -0.1) is 0 Å². The Labute approximate surface area is 140 Å². The Kier molecular flexibility index (Phi) is 3.78. The molecule has 5 nitrogen and oxygen atoms in total. The number of rotatable bonds is 3. The van der Waals surface area contributed by atoms with E-state index in [2.05, 4.69) is 17.0 Å². The van der Waals surface area contributed by atoms with Crippen LogP contribution in [0.1, 0.15) is 15.9 Å². The molecule has 0 radical (unpaired) electrons. The average molecular weight is 323 g/mol. The predicted molar refractivity (Wildman–Crippen MR) is 91.3 cm³/mol. The van der Waals surface area contributed by atoms with Gasteiger partial charge in [0.2, 0.25) is 0 Å². The molecule has 0 atom stereocenters. The van der Waals surface area contributed by atoms with E-state index < -0.39 is 0 Å². The highest BCUT2D eigenvalue weighted by molar-refractivity contribution is 6.52. The lowest BCUT2D eigenvalue weighted by Gasteiger charge is -2.28. The van der Waals surface area contributed by atoms with Gasteiger partial charge in [0.25, 0.3) is 11.5 Å². The van der Waals surface area contributed by atoms with Gasteiger partial charge in [0.1, 0.15) is 12.7 Å². The number of ketones is 1. The monoisotopic (exact) mass is 323 g/mol. The number of morpholine rings is 1. The fourth-order valence-corrected chi connectivity index (χ4v) is 3.27. The summed E-state index contributed by atoms with van der Waals surface area (Å²) >= 11 is 0. The summed E-state index contributed by atoms with van der Waals surface area (Å²) in [5, 5.41) is 0. The predicted octanol–water partition coefficient (Wildman–Crippen LogP) is 2.41. The van der Waals surface area contributed by atoms with Crippen LogP contribution in [0, 0.1) is 0 Å². The Balaban J connectivity index is 1.69. The molecule has 0 saturated carbocycles. The maximum absolute atomic E-state index is 12.8. The fraction of sp³-hybridized carbons (Fsp3) is 0.263. The summed E-state index contributed by atoms with van der Waals surface area (Å²) < 4.78 is 7.00.